The van der Waals surface area contributed by atoms with Gasteiger partial charge in [0.05, 0.1) is 5.52 Å². The van der Waals surface area contributed by atoms with Crippen molar-refractivity contribution in [3.8, 4) is 0 Å². The summed E-state index contributed by atoms with van der Waals surface area (Å²) in [6.45, 7) is 4.37. The van der Waals surface area contributed by atoms with Gasteiger partial charge in [0.1, 0.15) is 5.69 Å². The summed E-state index contributed by atoms with van der Waals surface area (Å²) < 4.78 is 1.98. The van der Waals surface area contributed by atoms with Gasteiger partial charge in [-0.05, 0) is 35.9 Å². The third-order valence-corrected chi connectivity index (χ3v) is 5.10. The van der Waals surface area contributed by atoms with Crippen LogP contribution in [0.4, 0.5) is 5.69 Å². The van der Waals surface area contributed by atoms with Crippen LogP contribution in [0.25, 0.3) is 10.9 Å². The molecule has 1 fully saturated rings. The number of primary amides is 1. The SMILES string of the molecule is Cl.NC(=O)c1cc2c(N3CCNCC3)cccc2n1Cc1cccc(Cl)c1. The first-order valence-electron chi connectivity index (χ1n) is 8.75. The van der Waals surface area contributed by atoms with E-state index in [2.05, 4.69) is 16.3 Å². The molecule has 4 rings (SSSR count). The minimum absolute atomic E-state index is 0. The fourth-order valence-corrected chi connectivity index (χ4v) is 3.86. The highest BCUT2D eigenvalue weighted by molar-refractivity contribution is 6.30. The number of amides is 1. The van der Waals surface area contributed by atoms with Crippen molar-refractivity contribution in [3.05, 3.63) is 64.8 Å². The zero-order chi connectivity index (χ0) is 18.1. The smallest absolute Gasteiger partial charge is 0.265 e. The highest BCUT2D eigenvalue weighted by atomic mass is 35.5. The number of nitrogens with one attached hydrogen (secondary N) is 1. The molecule has 0 aliphatic carbocycles. The lowest BCUT2D eigenvalue weighted by Gasteiger charge is -2.30. The standard InChI is InChI=1S/C20H21ClN4O.ClH/c21-15-4-1-3-14(11-15)13-25-18-6-2-5-17(24-9-7-23-8-10-24)16(18)12-19(25)20(22)26;/h1-6,11-12,23H,7-10,13H2,(H2,22,26);1H. The highest BCUT2D eigenvalue weighted by Gasteiger charge is 2.19. The molecule has 0 radical (unpaired) electrons. The maximum Gasteiger partial charge on any atom is 0.265 e. The number of rotatable bonds is 4. The van der Waals surface area contributed by atoms with Gasteiger partial charge in [0.25, 0.3) is 5.91 Å². The van der Waals surface area contributed by atoms with Gasteiger partial charge in [-0.15, -0.1) is 12.4 Å². The summed E-state index contributed by atoms with van der Waals surface area (Å²) in [5.74, 6) is -0.422. The fraction of sp³-hybridized carbons (Fsp3) is 0.250. The van der Waals surface area contributed by atoms with Crippen molar-refractivity contribution in [2.24, 2.45) is 5.73 Å². The van der Waals surface area contributed by atoms with Crippen LogP contribution >= 0.6 is 24.0 Å². The number of nitrogens with zero attached hydrogens (tertiary/aromatic N) is 2. The van der Waals surface area contributed by atoms with Crippen LogP contribution in [-0.4, -0.2) is 36.7 Å². The van der Waals surface area contributed by atoms with Crippen molar-refractivity contribution in [2.45, 2.75) is 6.54 Å². The van der Waals surface area contributed by atoms with E-state index >= 15 is 0 Å². The third kappa shape index (κ3) is 3.90. The Hall–Kier alpha value is -2.21. The van der Waals surface area contributed by atoms with E-state index in [0.717, 1.165) is 48.3 Å². The normalized spacial score (nSPS) is 14.2. The van der Waals surface area contributed by atoms with Gasteiger partial charge in [-0.25, -0.2) is 0 Å². The number of piperazine rings is 1. The topological polar surface area (TPSA) is 63.3 Å². The second-order valence-electron chi connectivity index (χ2n) is 6.56. The average molecular weight is 405 g/mol. The lowest BCUT2D eigenvalue weighted by Crippen LogP contribution is -2.43. The molecule has 5 nitrogen and oxygen atoms in total. The van der Waals surface area contributed by atoms with Gasteiger partial charge in [-0.2, -0.15) is 0 Å². The van der Waals surface area contributed by atoms with Gasteiger partial charge in [0.2, 0.25) is 0 Å². The van der Waals surface area contributed by atoms with Crippen LogP contribution in [0.3, 0.4) is 0 Å². The first-order chi connectivity index (χ1) is 12.6. The van der Waals surface area contributed by atoms with Gasteiger partial charge in [0.15, 0.2) is 0 Å². The molecule has 1 aliphatic rings. The molecule has 2 heterocycles. The fourth-order valence-electron chi connectivity index (χ4n) is 3.64. The molecule has 0 bridgehead atoms. The van der Waals surface area contributed by atoms with Gasteiger partial charge >= 0.3 is 0 Å². The molecule has 3 aromatic rings. The van der Waals surface area contributed by atoms with E-state index in [9.17, 15) is 4.79 Å². The Bertz CT molecular complexity index is 964. The van der Waals surface area contributed by atoms with Crippen molar-refractivity contribution in [1.29, 1.82) is 0 Å². The Kier molecular flexibility index (Phi) is 5.95. The molecular weight excluding hydrogens is 383 g/mol. The molecular formula is C20H22Cl2N4O. The summed E-state index contributed by atoms with van der Waals surface area (Å²) in [5, 5.41) is 5.11. The molecule has 0 spiro atoms. The molecule has 1 amide bonds. The molecule has 1 aromatic heterocycles. The van der Waals surface area contributed by atoms with Gasteiger partial charge < -0.3 is 20.5 Å². The zero-order valence-electron chi connectivity index (χ0n) is 14.8. The van der Waals surface area contributed by atoms with Gasteiger partial charge in [0, 0.05) is 48.8 Å². The second-order valence-corrected chi connectivity index (χ2v) is 6.99. The van der Waals surface area contributed by atoms with Crippen LogP contribution in [0.2, 0.25) is 5.02 Å². The van der Waals surface area contributed by atoms with Crippen molar-refractivity contribution in [1.82, 2.24) is 9.88 Å². The van der Waals surface area contributed by atoms with E-state index in [1.165, 1.54) is 0 Å². The van der Waals surface area contributed by atoms with E-state index < -0.39 is 5.91 Å². The Morgan fingerprint density at radius 1 is 1.11 bits per heavy atom. The molecule has 1 saturated heterocycles. The monoisotopic (exact) mass is 404 g/mol. The van der Waals surface area contributed by atoms with Crippen LogP contribution < -0.4 is 16.0 Å². The molecule has 3 N–H and O–H groups in total. The number of carbonyl (C=O) groups excluding carboxylic acids is 1. The number of halogens is 2. The van der Waals surface area contributed by atoms with E-state index in [1.807, 2.05) is 47.0 Å². The number of anilines is 1. The van der Waals surface area contributed by atoms with Crippen LogP contribution in [0.5, 0.6) is 0 Å². The third-order valence-electron chi connectivity index (χ3n) is 4.86. The summed E-state index contributed by atoms with van der Waals surface area (Å²) in [5.41, 5.74) is 9.39. The predicted molar refractivity (Wildman–Crippen MR) is 113 cm³/mol. The van der Waals surface area contributed by atoms with Crippen LogP contribution in [0, 0.1) is 0 Å². The number of benzene rings is 2. The largest absolute Gasteiger partial charge is 0.368 e. The quantitative estimate of drug-likeness (QED) is 0.701. The number of aromatic nitrogens is 1. The number of hydrogen-bond donors (Lipinski definition) is 2. The van der Waals surface area contributed by atoms with Crippen LogP contribution in [0.1, 0.15) is 16.1 Å². The van der Waals surface area contributed by atoms with Crippen molar-refractivity contribution < 1.29 is 4.79 Å². The summed E-state index contributed by atoms with van der Waals surface area (Å²) in [6, 6.07) is 15.8. The minimum Gasteiger partial charge on any atom is -0.368 e. The molecule has 2 aromatic carbocycles. The summed E-state index contributed by atoms with van der Waals surface area (Å²) in [4.78, 5) is 14.4. The van der Waals surface area contributed by atoms with Crippen LogP contribution in [-0.2, 0) is 6.54 Å². The predicted octanol–water partition coefficient (Wildman–Crippen LogP) is 3.27. The van der Waals surface area contributed by atoms with E-state index in [-0.39, 0.29) is 12.4 Å². The Morgan fingerprint density at radius 3 is 2.56 bits per heavy atom. The molecule has 0 saturated carbocycles. The molecule has 0 atom stereocenters. The number of carbonyl (C=O) groups is 1. The maximum atomic E-state index is 12.1. The van der Waals surface area contributed by atoms with Crippen LogP contribution in [0.15, 0.2) is 48.5 Å². The van der Waals surface area contributed by atoms with Crippen molar-refractivity contribution in [3.63, 3.8) is 0 Å². The number of hydrogen-bond acceptors (Lipinski definition) is 3. The van der Waals surface area contributed by atoms with E-state index in [0.29, 0.717) is 17.3 Å². The average Bonchev–Trinajstić information content (AvgIpc) is 3.01. The molecule has 27 heavy (non-hydrogen) atoms. The number of nitrogens with two attached hydrogens (primary N) is 1. The summed E-state index contributed by atoms with van der Waals surface area (Å²) in [6.07, 6.45) is 0. The second kappa shape index (κ2) is 8.21. The van der Waals surface area contributed by atoms with Crippen molar-refractivity contribution in [2.75, 3.05) is 31.1 Å². The zero-order valence-corrected chi connectivity index (χ0v) is 16.4. The Morgan fingerprint density at radius 2 is 1.85 bits per heavy atom. The number of fused-ring (bicyclic) bond motifs is 1. The molecule has 7 heteroatoms. The van der Waals surface area contributed by atoms with E-state index in [4.69, 9.17) is 17.3 Å². The van der Waals surface area contributed by atoms with Crippen molar-refractivity contribution >= 4 is 46.5 Å². The molecule has 0 unspecified atom stereocenters. The lowest BCUT2D eigenvalue weighted by molar-refractivity contribution is 0.0992. The first kappa shape index (κ1) is 19.5. The van der Waals surface area contributed by atoms with Gasteiger partial charge in [-0.3, -0.25) is 4.79 Å². The Balaban J connectivity index is 0.00000210. The first-order valence-corrected chi connectivity index (χ1v) is 9.13. The summed E-state index contributed by atoms with van der Waals surface area (Å²) in [7, 11) is 0. The lowest BCUT2D eigenvalue weighted by atomic mass is 10.1. The van der Waals surface area contributed by atoms with Gasteiger partial charge in [-0.1, -0.05) is 29.8 Å². The van der Waals surface area contributed by atoms with E-state index in [1.54, 1.807) is 0 Å². The Labute approximate surface area is 169 Å². The summed E-state index contributed by atoms with van der Waals surface area (Å²) >= 11 is 6.12. The maximum absolute atomic E-state index is 12.1. The molecule has 1 aliphatic heterocycles. The minimum atomic E-state index is -0.422. The molecule has 142 valence electrons. The highest BCUT2D eigenvalue weighted by Crippen LogP contribution is 2.31.